The van der Waals surface area contributed by atoms with E-state index >= 15 is 0 Å². The second kappa shape index (κ2) is 9.28. The Morgan fingerprint density at radius 1 is 1.12 bits per heavy atom. The van der Waals surface area contributed by atoms with Crippen LogP contribution in [0, 0.1) is 0 Å². The minimum atomic E-state index is 0.800. The van der Waals surface area contributed by atoms with E-state index in [1.54, 1.807) is 18.9 Å². The van der Waals surface area contributed by atoms with Gasteiger partial charge in [-0.05, 0) is 42.8 Å². The number of rotatable bonds is 8. The molecular weight excluding hydrogens is 316 g/mol. The molecule has 24 heavy (non-hydrogen) atoms. The number of methoxy groups -OCH3 is 1. The van der Waals surface area contributed by atoms with Gasteiger partial charge < -0.3 is 15.0 Å². The van der Waals surface area contributed by atoms with Crippen LogP contribution in [0.4, 0.5) is 11.4 Å². The molecule has 4 heteroatoms. The third kappa shape index (κ3) is 5.24. The van der Waals surface area contributed by atoms with E-state index in [-0.39, 0.29) is 0 Å². The highest BCUT2D eigenvalue weighted by molar-refractivity contribution is 7.99. The van der Waals surface area contributed by atoms with E-state index in [9.17, 15) is 0 Å². The molecule has 128 valence electrons. The lowest BCUT2D eigenvalue weighted by molar-refractivity contribution is 0.300. The Bertz CT molecular complexity index is 666. The molecule has 2 aromatic rings. The van der Waals surface area contributed by atoms with Crippen molar-refractivity contribution in [2.75, 3.05) is 43.7 Å². The topological polar surface area (TPSA) is 24.5 Å². The van der Waals surface area contributed by atoms with Gasteiger partial charge in [0, 0.05) is 36.9 Å². The van der Waals surface area contributed by atoms with Gasteiger partial charge >= 0.3 is 0 Å². The van der Waals surface area contributed by atoms with Crippen LogP contribution in [0.1, 0.15) is 12.5 Å². The predicted molar refractivity (Wildman–Crippen MR) is 107 cm³/mol. The maximum absolute atomic E-state index is 5.56. The number of ether oxygens (including phenoxy) is 1. The van der Waals surface area contributed by atoms with Crippen molar-refractivity contribution in [2.24, 2.45) is 0 Å². The number of thioether (sulfide) groups is 1. The fourth-order valence-electron chi connectivity index (χ4n) is 2.29. The van der Waals surface area contributed by atoms with E-state index in [1.807, 2.05) is 14.1 Å². The Labute approximate surface area is 149 Å². The second-order valence-corrected chi connectivity index (χ2v) is 6.63. The average Bonchev–Trinajstić information content (AvgIpc) is 2.60. The van der Waals surface area contributed by atoms with Crippen molar-refractivity contribution < 1.29 is 4.74 Å². The highest BCUT2D eigenvalue weighted by atomic mass is 32.2. The van der Waals surface area contributed by atoms with Gasteiger partial charge in [-0.2, -0.15) is 0 Å². The monoisotopic (exact) mass is 342 g/mol. The van der Waals surface area contributed by atoms with E-state index in [4.69, 9.17) is 4.74 Å². The van der Waals surface area contributed by atoms with Crippen LogP contribution in [0.5, 0.6) is 0 Å². The molecule has 0 unspecified atom stereocenters. The summed E-state index contributed by atoms with van der Waals surface area (Å²) in [6.07, 6.45) is 2.10. The molecular formula is C20H26N2OS. The third-order valence-electron chi connectivity index (χ3n) is 3.62. The van der Waals surface area contributed by atoms with E-state index in [0.717, 1.165) is 23.6 Å². The number of para-hydroxylation sites is 1. The van der Waals surface area contributed by atoms with Gasteiger partial charge in [-0.15, -0.1) is 11.8 Å². The molecule has 0 saturated heterocycles. The molecule has 0 saturated carbocycles. The van der Waals surface area contributed by atoms with Gasteiger partial charge in [0.05, 0.1) is 12.9 Å². The zero-order chi connectivity index (χ0) is 17.4. The van der Waals surface area contributed by atoms with Gasteiger partial charge in [0.15, 0.2) is 0 Å². The second-order valence-electron chi connectivity index (χ2n) is 5.62. The Hall–Kier alpha value is -2.07. The lowest BCUT2D eigenvalue weighted by Crippen LogP contribution is -2.07. The maximum Gasteiger partial charge on any atom is 0.106 e. The van der Waals surface area contributed by atoms with Crippen LogP contribution in [-0.2, 0) is 4.74 Å². The Morgan fingerprint density at radius 2 is 1.83 bits per heavy atom. The van der Waals surface area contributed by atoms with Crippen molar-refractivity contribution in [3.8, 4) is 0 Å². The molecule has 1 N–H and O–H groups in total. The molecule has 2 aromatic carbocycles. The van der Waals surface area contributed by atoms with Crippen LogP contribution >= 0.6 is 11.8 Å². The first kappa shape index (κ1) is 18.3. The number of benzene rings is 2. The van der Waals surface area contributed by atoms with Crippen molar-refractivity contribution in [3.05, 3.63) is 59.9 Å². The van der Waals surface area contributed by atoms with Crippen molar-refractivity contribution in [3.63, 3.8) is 0 Å². The normalized spacial score (nSPS) is 11.2. The van der Waals surface area contributed by atoms with E-state index in [1.165, 1.54) is 16.3 Å². The van der Waals surface area contributed by atoms with Gasteiger partial charge in [0.2, 0.25) is 0 Å². The summed E-state index contributed by atoms with van der Waals surface area (Å²) >= 11 is 1.78. The van der Waals surface area contributed by atoms with Crippen LogP contribution in [0.25, 0.3) is 6.08 Å². The standard InChI is InChI=1S/C20H26N2OS/c1-5-21-19-8-6-7-9-20(19)24-15-18(23-4)14-16-10-12-17(13-11-16)22(2)3/h6-14,21H,5,15H2,1-4H3/b18-14-. The Kier molecular flexibility index (Phi) is 7.07. The molecule has 0 bridgehead atoms. The minimum absolute atomic E-state index is 0.800. The molecule has 3 nitrogen and oxygen atoms in total. The van der Waals surface area contributed by atoms with Crippen molar-refractivity contribution in [1.82, 2.24) is 0 Å². The third-order valence-corrected chi connectivity index (χ3v) is 4.72. The first-order chi connectivity index (χ1) is 11.6. The maximum atomic E-state index is 5.56. The summed E-state index contributed by atoms with van der Waals surface area (Å²) in [7, 11) is 5.82. The lowest BCUT2D eigenvalue weighted by Gasteiger charge is -2.13. The molecule has 0 radical (unpaired) electrons. The summed E-state index contributed by atoms with van der Waals surface area (Å²) in [4.78, 5) is 3.34. The molecule has 0 aliphatic rings. The van der Waals surface area contributed by atoms with Gasteiger partial charge in [-0.25, -0.2) is 0 Å². The van der Waals surface area contributed by atoms with E-state index < -0.39 is 0 Å². The zero-order valence-electron chi connectivity index (χ0n) is 14.9. The summed E-state index contributed by atoms with van der Waals surface area (Å²) in [6, 6.07) is 16.8. The highest BCUT2D eigenvalue weighted by Crippen LogP contribution is 2.29. The quantitative estimate of drug-likeness (QED) is 0.541. The number of hydrogen-bond donors (Lipinski definition) is 1. The molecule has 0 aliphatic heterocycles. The molecule has 0 fully saturated rings. The van der Waals surface area contributed by atoms with Crippen LogP contribution in [0.15, 0.2) is 59.2 Å². The van der Waals surface area contributed by atoms with Crippen LogP contribution < -0.4 is 10.2 Å². The number of anilines is 2. The van der Waals surface area contributed by atoms with Crippen LogP contribution in [-0.4, -0.2) is 33.5 Å². The van der Waals surface area contributed by atoms with E-state index in [0.29, 0.717) is 0 Å². The molecule has 2 rings (SSSR count). The van der Waals surface area contributed by atoms with Crippen molar-refractivity contribution in [1.29, 1.82) is 0 Å². The molecule has 0 aliphatic carbocycles. The van der Waals surface area contributed by atoms with E-state index in [2.05, 4.69) is 71.7 Å². The van der Waals surface area contributed by atoms with Crippen LogP contribution in [0.3, 0.4) is 0 Å². The first-order valence-corrected chi connectivity index (χ1v) is 9.10. The Morgan fingerprint density at radius 3 is 2.46 bits per heavy atom. The first-order valence-electron chi connectivity index (χ1n) is 8.11. The number of nitrogens with zero attached hydrogens (tertiary/aromatic N) is 1. The largest absolute Gasteiger partial charge is 0.500 e. The van der Waals surface area contributed by atoms with Gasteiger partial charge in [0.25, 0.3) is 0 Å². The molecule has 0 atom stereocenters. The smallest absolute Gasteiger partial charge is 0.106 e. The molecule has 0 heterocycles. The van der Waals surface area contributed by atoms with Crippen molar-refractivity contribution >= 4 is 29.2 Å². The summed E-state index contributed by atoms with van der Waals surface area (Å²) in [6.45, 7) is 3.03. The number of nitrogens with one attached hydrogen (secondary N) is 1. The Balaban J connectivity index is 2.06. The zero-order valence-corrected chi connectivity index (χ0v) is 15.7. The summed E-state index contributed by atoms with van der Waals surface area (Å²) in [5, 5.41) is 3.40. The average molecular weight is 343 g/mol. The summed E-state index contributed by atoms with van der Waals surface area (Å²) in [5.41, 5.74) is 3.52. The highest BCUT2D eigenvalue weighted by Gasteiger charge is 2.04. The van der Waals surface area contributed by atoms with Gasteiger partial charge in [-0.3, -0.25) is 0 Å². The van der Waals surface area contributed by atoms with Crippen molar-refractivity contribution in [2.45, 2.75) is 11.8 Å². The van der Waals surface area contributed by atoms with Crippen LogP contribution in [0.2, 0.25) is 0 Å². The molecule has 0 aromatic heterocycles. The fraction of sp³-hybridized carbons (Fsp3) is 0.300. The predicted octanol–water partition coefficient (Wildman–Crippen LogP) is 4.96. The number of hydrogen-bond acceptors (Lipinski definition) is 4. The summed E-state index contributed by atoms with van der Waals surface area (Å²) < 4.78 is 5.56. The molecule has 0 spiro atoms. The fourth-order valence-corrected chi connectivity index (χ4v) is 3.26. The minimum Gasteiger partial charge on any atom is -0.500 e. The van der Waals surface area contributed by atoms with Gasteiger partial charge in [-0.1, -0.05) is 24.3 Å². The summed E-state index contributed by atoms with van der Waals surface area (Å²) in [5.74, 6) is 1.76. The lowest BCUT2D eigenvalue weighted by atomic mass is 10.2. The SMILES string of the molecule is CCNc1ccccc1SC/C(=C/c1ccc(N(C)C)cc1)OC. The van der Waals surface area contributed by atoms with Gasteiger partial charge in [0.1, 0.15) is 5.76 Å². The molecule has 0 amide bonds.